The Labute approximate surface area is 147 Å². The van der Waals surface area contributed by atoms with Gasteiger partial charge in [0.15, 0.2) is 6.61 Å². The van der Waals surface area contributed by atoms with Gasteiger partial charge in [0.2, 0.25) is 5.89 Å². The molecule has 0 atom stereocenters. The molecule has 0 radical (unpaired) electrons. The minimum absolute atomic E-state index is 0.0188. The third-order valence-corrected chi connectivity index (χ3v) is 3.41. The first-order valence-electron chi connectivity index (χ1n) is 6.88. The summed E-state index contributed by atoms with van der Waals surface area (Å²) in [6.07, 6.45) is 0. The SMILES string of the molecule is O=C(COc1ccc(Cl)cc1)Nc1nnc(-c2cccc(Cl)c2)o1. The lowest BCUT2D eigenvalue weighted by molar-refractivity contribution is -0.118. The van der Waals surface area contributed by atoms with E-state index in [1.54, 1.807) is 48.5 Å². The topological polar surface area (TPSA) is 77.2 Å². The summed E-state index contributed by atoms with van der Waals surface area (Å²) in [5.41, 5.74) is 0.660. The maximum Gasteiger partial charge on any atom is 0.322 e. The molecule has 8 heteroatoms. The summed E-state index contributed by atoms with van der Waals surface area (Å²) in [7, 11) is 0. The lowest BCUT2D eigenvalue weighted by atomic mass is 10.2. The fraction of sp³-hybridized carbons (Fsp3) is 0.0625. The monoisotopic (exact) mass is 363 g/mol. The Bertz CT molecular complexity index is 850. The van der Waals surface area contributed by atoms with E-state index in [1.165, 1.54) is 0 Å². The molecule has 0 saturated carbocycles. The highest BCUT2D eigenvalue weighted by Gasteiger charge is 2.12. The summed E-state index contributed by atoms with van der Waals surface area (Å²) in [4.78, 5) is 11.8. The van der Waals surface area contributed by atoms with Crippen LogP contribution in [0.25, 0.3) is 11.5 Å². The smallest absolute Gasteiger partial charge is 0.322 e. The summed E-state index contributed by atoms with van der Waals surface area (Å²) < 4.78 is 10.7. The summed E-state index contributed by atoms with van der Waals surface area (Å²) in [6.45, 7) is -0.198. The number of halogens is 2. The van der Waals surface area contributed by atoms with E-state index in [4.69, 9.17) is 32.4 Å². The lowest BCUT2D eigenvalue weighted by Crippen LogP contribution is -2.20. The van der Waals surface area contributed by atoms with Crippen LogP contribution in [0.15, 0.2) is 52.9 Å². The number of carbonyl (C=O) groups excluding carboxylic acids is 1. The van der Waals surface area contributed by atoms with Gasteiger partial charge in [0.05, 0.1) is 0 Å². The third kappa shape index (κ3) is 4.24. The van der Waals surface area contributed by atoms with Crippen LogP contribution in [0.5, 0.6) is 5.75 Å². The van der Waals surface area contributed by atoms with Crippen molar-refractivity contribution in [3.8, 4) is 17.2 Å². The Morgan fingerprint density at radius 1 is 1.08 bits per heavy atom. The zero-order chi connectivity index (χ0) is 16.9. The molecular formula is C16H11Cl2N3O3. The second-order valence-electron chi connectivity index (χ2n) is 4.71. The summed E-state index contributed by atoms with van der Waals surface area (Å²) in [6, 6.07) is 13.6. The molecule has 3 aromatic rings. The van der Waals surface area contributed by atoms with E-state index in [0.717, 1.165) is 0 Å². The molecule has 1 heterocycles. The first kappa shape index (κ1) is 16.3. The number of benzene rings is 2. The largest absolute Gasteiger partial charge is 0.484 e. The van der Waals surface area contributed by atoms with E-state index >= 15 is 0 Å². The van der Waals surface area contributed by atoms with Crippen LogP contribution in [-0.2, 0) is 4.79 Å². The number of hydrogen-bond acceptors (Lipinski definition) is 5. The highest BCUT2D eigenvalue weighted by molar-refractivity contribution is 6.31. The number of aromatic nitrogens is 2. The van der Waals surface area contributed by atoms with Gasteiger partial charge in [-0.05, 0) is 42.5 Å². The molecule has 0 fully saturated rings. The van der Waals surface area contributed by atoms with Gasteiger partial charge >= 0.3 is 6.01 Å². The lowest BCUT2D eigenvalue weighted by Gasteiger charge is -2.05. The molecule has 0 saturated heterocycles. The number of rotatable bonds is 5. The van der Waals surface area contributed by atoms with Crippen molar-refractivity contribution < 1.29 is 13.9 Å². The quantitative estimate of drug-likeness (QED) is 0.739. The first-order chi connectivity index (χ1) is 11.6. The molecular weight excluding hydrogens is 353 g/mol. The van der Waals surface area contributed by atoms with E-state index < -0.39 is 5.91 Å². The van der Waals surface area contributed by atoms with E-state index in [2.05, 4.69) is 15.5 Å². The van der Waals surface area contributed by atoms with Crippen LogP contribution in [0.4, 0.5) is 6.01 Å². The van der Waals surface area contributed by atoms with Crippen molar-refractivity contribution in [1.82, 2.24) is 10.2 Å². The minimum atomic E-state index is -0.425. The van der Waals surface area contributed by atoms with Gasteiger partial charge in [-0.1, -0.05) is 34.4 Å². The standard InChI is InChI=1S/C16H11Cl2N3O3/c17-11-4-6-13(7-5-11)23-9-14(22)19-16-21-20-15(24-16)10-2-1-3-12(18)8-10/h1-8H,9H2,(H,19,21,22). The normalized spacial score (nSPS) is 10.4. The van der Waals surface area contributed by atoms with Crippen molar-refractivity contribution in [1.29, 1.82) is 0 Å². The molecule has 0 aliphatic carbocycles. The van der Waals surface area contributed by atoms with Crippen LogP contribution in [0.3, 0.4) is 0 Å². The van der Waals surface area contributed by atoms with E-state index in [9.17, 15) is 4.79 Å². The molecule has 0 spiro atoms. The van der Waals surface area contributed by atoms with Crippen LogP contribution >= 0.6 is 23.2 Å². The van der Waals surface area contributed by atoms with Crippen molar-refractivity contribution in [2.75, 3.05) is 11.9 Å². The van der Waals surface area contributed by atoms with Crippen LogP contribution < -0.4 is 10.1 Å². The van der Waals surface area contributed by atoms with Crippen molar-refractivity contribution in [3.05, 3.63) is 58.6 Å². The van der Waals surface area contributed by atoms with Gasteiger partial charge < -0.3 is 9.15 Å². The Morgan fingerprint density at radius 2 is 1.88 bits per heavy atom. The maximum absolute atomic E-state index is 11.8. The van der Waals surface area contributed by atoms with E-state index in [-0.39, 0.29) is 18.5 Å². The highest BCUT2D eigenvalue weighted by Crippen LogP contribution is 2.22. The van der Waals surface area contributed by atoms with Crippen LogP contribution in [0.1, 0.15) is 0 Å². The summed E-state index contributed by atoms with van der Waals surface area (Å²) in [5.74, 6) is 0.359. The Hall–Kier alpha value is -2.57. The molecule has 0 bridgehead atoms. The molecule has 1 amide bonds. The average molecular weight is 364 g/mol. The number of hydrogen-bond donors (Lipinski definition) is 1. The predicted octanol–water partition coefficient (Wildman–Crippen LogP) is 4.06. The summed E-state index contributed by atoms with van der Waals surface area (Å²) >= 11 is 11.7. The average Bonchev–Trinajstić information content (AvgIpc) is 3.03. The number of ether oxygens (including phenoxy) is 1. The molecule has 0 aliphatic heterocycles. The van der Waals surface area contributed by atoms with Gasteiger partial charge in [0.25, 0.3) is 5.91 Å². The van der Waals surface area contributed by atoms with Gasteiger partial charge in [0, 0.05) is 15.6 Å². The third-order valence-electron chi connectivity index (χ3n) is 2.93. The maximum atomic E-state index is 11.8. The van der Waals surface area contributed by atoms with E-state index in [0.29, 0.717) is 21.4 Å². The number of nitrogens with zero attached hydrogens (tertiary/aromatic N) is 2. The highest BCUT2D eigenvalue weighted by atomic mass is 35.5. The zero-order valence-electron chi connectivity index (χ0n) is 12.2. The second-order valence-corrected chi connectivity index (χ2v) is 5.59. The molecule has 6 nitrogen and oxygen atoms in total. The number of nitrogens with one attached hydrogen (secondary N) is 1. The zero-order valence-corrected chi connectivity index (χ0v) is 13.7. The van der Waals surface area contributed by atoms with Gasteiger partial charge in [-0.25, -0.2) is 0 Å². The molecule has 0 aliphatic rings. The molecule has 1 aromatic heterocycles. The molecule has 2 aromatic carbocycles. The van der Waals surface area contributed by atoms with Gasteiger partial charge in [-0.3, -0.25) is 10.1 Å². The Kier molecular flexibility index (Phi) is 4.98. The van der Waals surface area contributed by atoms with Crippen molar-refractivity contribution in [2.24, 2.45) is 0 Å². The van der Waals surface area contributed by atoms with E-state index in [1.807, 2.05) is 0 Å². The van der Waals surface area contributed by atoms with Gasteiger partial charge in [-0.15, -0.1) is 5.10 Å². The molecule has 24 heavy (non-hydrogen) atoms. The van der Waals surface area contributed by atoms with Crippen molar-refractivity contribution >= 4 is 35.1 Å². The van der Waals surface area contributed by atoms with Crippen LogP contribution in [0, 0.1) is 0 Å². The molecule has 122 valence electrons. The molecule has 1 N–H and O–H groups in total. The minimum Gasteiger partial charge on any atom is -0.484 e. The Morgan fingerprint density at radius 3 is 2.62 bits per heavy atom. The fourth-order valence-corrected chi connectivity index (χ4v) is 2.16. The number of amides is 1. The number of carbonyl (C=O) groups is 1. The fourth-order valence-electron chi connectivity index (χ4n) is 1.85. The molecule has 0 unspecified atom stereocenters. The van der Waals surface area contributed by atoms with Crippen LogP contribution in [0.2, 0.25) is 10.0 Å². The van der Waals surface area contributed by atoms with Gasteiger partial charge in [-0.2, -0.15) is 0 Å². The molecule has 3 rings (SSSR count). The van der Waals surface area contributed by atoms with Gasteiger partial charge in [0.1, 0.15) is 5.75 Å². The van der Waals surface area contributed by atoms with Crippen LogP contribution in [-0.4, -0.2) is 22.7 Å². The second kappa shape index (κ2) is 7.33. The number of anilines is 1. The first-order valence-corrected chi connectivity index (χ1v) is 7.63. The Balaban J connectivity index is 1.58. The van der Waals surface area contributed by atoms with Crippen molar-refractivity contribution in [3.63, 3.8) is 0 Å². The predicted molar refractivity (Wildman–Crippen MR) is 90.3 cm³/mol. The van der Waals surface area contributed by atoms with Crippen molar-refractivity contribution in [2.45, 2.75) is 0 Å². The summed E-state index contributed by atoms with van der Waals surface area (Å²) in [5, 5.41) is 11.2.